The van der Waals surface area contributed by atoms with Crippen molar-refractivity contribution < 1.29 is 27.8 Å². The van der Waals surface area contributed by atoms with Crippen LogP contribution in [0.3, 0.4) is 0 Å². The van der Waals surface area contributed by atoms with Gasteiger partial charge in [-0.3, -0.25) is 0 Å². The monoisotopic (exact) mass is 383 g/mol. The first-order chi connectivity index (χ1) is 11.9. The third-order valence-corrected chi connectivity index (χ3v) is 6.66. The summed E-state index contributed by atoms with van der Waals surface area (Å²) in [6, 6.07) is 8.05. The maximum Gasteiger partial charge on any atom is 0.506 e. The Kier molecular flexibility index (Phi) is 4.98. The van der Waals surface area contributed by atoms with Crippen molar-refractivity contribution in [3.8, 4) is 5.75 Å². The minimum absolute atomic E-state index is 0.0215. The van der Waals surface area contributed by atoms with Gasteiger partial charge in [0.1, 0.15) is 11.9 Å². The van der Waals surface area contributed by atoms with Gasteiger partial charge in [-0.2, -0.15) is 15.6 Å². The van der Waals surface area contributed by atoms with Gasteiger partial charge >= 0.3 is 6.16 Å². The number of sulfonamides is 1. The Hall–Kier alpha value is -2.10. The molecule has 1 saturated heterocycles. The standard InChI is InChI=1S/C16H17NO6S2/c1-22-12-3-2-4-13(7-12)25(20,21)17-8-14(11-5-6-24-10-11)15(9-17)23-16(18)19/h2-7,10,14-15H,8-9H2,1H3,(H,18,19)/t14-,15+/m1/s1. The van der Waals surface area contributed by atoms with E-state index in [2.05, 4.69) is 0 Å². The summed E-state index contributed by atoms with van der Waals surface area (Å²) >= 11 is 1.47. The fourth-order valence-electron chi connectivity index (χ4n) is 2.90. The van der Waals surface area contributed by atoms with E-state index in [0.717, 1.165) is 5.56 Å². The number of nitrogens with zero attached hydrogens (tertiary/aromatic N) is 1. The molecule has 0 amide bonds. The van der Waals surface area contributed by atoms with Gasteiger partial charge < -0.3 is 14.6 Å². The number of hydrogen-bond donors (Lipinski definition) is 1. The molecule has 0 spiro atoms. The van der Waals surface area contributed by atoms with Crippen molar-refractivity contribution in [2.75, 3.05) is 20.2 Å². The smallest absolute Gasteiger partial charge is 0.497 e. The van der Waals surface area contributed by atoms with Gasteiger partial charge in [-0.15, -0.1) is 0 Å². The van der Waals surface area contributed by atoms with Gasteiger partial charge in [0.05, 0.1) is 18.6 Å². The van der Waals surface area contributed by atoms with Crippen LogP contribution in [0, 0.1) is 0 Å². The third-order valence-electron chi connectivity index (χ3n) is 4.14. The molecule has 0 saturated carbocycles. The zero-order chi connectivity index (χ0) is 18.0. The van der Waals surface area contributed by atoms with Crippen LogP contribution in [-0.2, 0) is 14.8 Å². The second-order valence-corrected chi connectivity index (χ2v) is 8.30. The molecule has 0 unspecified atom stereocenters. The molecular weight excluding hydrogens is 366 g/mol. The molecule has 1 N–H and O–H groups in total. The van der Waals surface area contributed by atoms with Crippen molar-refractivity contribution in [3.63, 3.8) is 0 Å². The van der Waals surface area contributed by atoms with Crippen molar-refractivity contribution in [2.24, 2.45) is 0 Å². The van der Waals surface area contributed by atoms with Crippen LogP contribution in [0.5, 0.6) is 5.75 Å². The molecule has 1 aromatic heterocycles. The SMILES string of the molecule is COc1cccc(S(=O)(=O)N2C[C@H](OC(=O)O)[C@@H](c3ccsc3)C2)c1. The van der Waals surface area contributed by atoms with Gasteiger partial charge in [0.2, 0.25) is 10.0 Å². The van der Waals surface area contributed by atoms with Gasteiger partial charge in [-0.25, -0.2) is 13.2 Å². The second kappa shape index (κ2) is 7.03. The van der Waals surface area contributed by atoms with E-state index in [0.29, 0.717) is 5.75 Å². The van der Waals surface area contributed by atoms with E-state index in [1.165, 1.54) is 34.9 Å². The van der Waals surface area contributed by atoms with Crippen LogP contribution in [-0.4, -0.2) is 50.3 Å². The fourth-order valence-corrected chi connectivity index (χ4v) is 5.14. The minimum Gasteiger partial charge on any atom is -0.497 e. The number of carboxylic acid groups (broad SMARTS) is 1. The second-order valence-electron chi connectivity index (χ2n) is 5.59. The number of rotatable bonds is 5. The van der Waals surface area contributed by atoms with Crippen LogP contribution in [0.2, 0.25) is 0 Å². The average Bonchev–Trinajstić information content (AvgIpc) is 3.24. The predicted molar refractivity (Wildman–Crippen MR) is 91.7 cm³/mol. The summed E-state index contributed by atoms with van der Waals surface area (Å²) in [5, 5.41) is 12.7. The number of benzene rings is 1. The molecule has 1 aliphatic heterocycles. The summed E-state index contributed by atoms with van der Waals surface area (Å²) < 4.78 is 37.1. The zero-order valence-electron chi connectivity index (χ0n) is 13.4. The lowest BCUT2D eigenvalue weighted by Crippen LogP contribution is -2.30. The molecule has 0 bridgehead atoms. The summed E-state index contributed by atoms with van der Waals surface area (Å²) in [6.45, 7) is 0.139. The predicted octanol–water partition coefficient (Wildman–Crippen LogP) is 2.61. The molecular formula is C16H17NO6S2. The number of carbonyl (C=O) groups is 1. The molecule has 9 heteroatoms. The number of hydrogen-bond acceptors (Lipinski definition) is 6. The summed E-state index contributed by atoms with van der Waals surface area (Å²) in [6.07, 6.45) is -2.15. The van der Waals surface area contributed by atoms with Crippen LogP contribution < -0.4 is 4.74 Å². The fraction of sp³-hybridized carbons (Fsp3) is 0.312. The van der Waals surface area contributed by atoms with Crippen molar-refractivity contribution >= 4 is 27.5 Å². The van der Waals surface area contributed by atoms with Gasteiger partial charge in [0.25, 0.3) is 0 Å². The molecule has 3 rings (SSSR count). The summed E-state index contributed by atoms with van der Waals surface area (Å²) in [7, 11) is -2.32. The summed E-state index contributed by atoms with van der Waals surface area (Å²) in [5.41, 5.74) is 0.875. The van der Waals surface area contributed by atoms with E-state index in [1.54, 1.807) is 12.1 Å². The molecule has 25 heavy (non-hydrogen) atoms. The summed E-state index contributed by atoms with van der Waals surface area (Å²) in [5.74, 6) is 0.107. The molecule has 0 radical (unpaired) electrons. The van der Waals surface area contributed by atoms with E-state index < -0.39 is 22.3 Å². The molecule has 2 heterocycles. The average molecular weight is 383 g/mol. The van der Waals surface area contributed by atoms with Crippen LogP contribution in [0.25, 0.3) is 0 Å². The summed E-state index contributed by atoms with van der Waals surface area (Å²) in [4.78, 5) is 11.1. The molecule has 1 fully saturated rings. The Morgan fingerprint density at radius 2 is 2.12 bits per heavy atom. The first kappa shape index (κ1) is 17.7. The minimum atomic E-state index is -3.78. The number of thiophene rings is 1. The van der Waals surface area contributed by atoms with E-state index in [1.807, 2.05) is 16.8 Å². The van der Waals surface area contributed by atoms with Crippen LogP contribution in [0.4, 0.5) is 4.79 Å². The van der Waals surface area contributed by atoms with Crippen molar-refractivity contribution in [3.05, 3.63) is 46.7 Å². The molecule has 134 valence electrons. The van der Waals surface area contributed by atoms with E-state index in [9.17, 15) is 13.2 Å². The molecule has 0 aliphatic carbocycles. The third kappa shape index (κ3) is 3.63. The van der Waals surface area contributed by atoms with Crippen LogP contribution in [0.1, 0.15) is 11.5 Å². The highest BCUT2D eigenvalue weighted by Crippen LogP contribution is 2.34. The molecule has 2 atom stereocenters. The molecule has 7 nitrogen and oxygen atoms in total. The first-order valence-corrected chi connectivity index (χ1v) is 9.86. The lowest BCUT2D eigenvalue weighted by atomic mass is 9.99. The highest BCUT2D eigenvalue weighted by molar-refractivity contribution is 7.89. The quantitative estimate of drug-likeness (QED) is 0.798. The Morgan fingerprint density at radius 3 is 2.76 bits per heavy atom. The number of methoxy groups -OCH3 is 1. The maximum atomic E-state index is 12.9. The van der Waals surface area contributed by atoms with E-state index >= 15 is 0 Å². The number of ether oxygens (including phenoxy) is 2. The van der Waals surface area contributed by atoms with Crippen molar-refractivity contribution in [1.82, 2.24) is 4.31 Å². The van der Waals surface area contributed by atoms with Crippen molar-refractivity contribution in [1.29, 1.82) is 0 Å². The normalized spacial score (nSPS) is 21.2. The van der Waals surface area contributed by atoms with Gasteiger partial charge in [0.15, 0.2) is 0 Å². The van der Waals surface area contributed by atoms with Crippen LogP contribution in [0.15, 0.2) is 46.0 Å². The van der Waals surface area contributed by atoms with Gasteiger partial charge in [0, 0.05) is 18.5 Å². The topological polar surface area (TPSA) is 93.1 Å². The van der Waals surface area contributed by atoms with E-state index in [-0.39, 0.29) is 23.9 Å². The highest BCUT2D eigenvalue weighted by Gasteiger charge is 2.42. The zero-order valence-corrected chi connectivity index (χ0v) is 15.0. The highest BCUT2D eigenvalue weighted by atomic mass is 32.2. The van der Waals surface area contributed by atoms with Gasteiger partial charge in [-0.1, -0.05) is 6.07 Å². The van der Waals surface area contributed by atoms with Gasteiger partial charge in [-0.05, 0) is 34.5 Å². The lowest BCUT2D eigenvalue weighted by molar-refractivity contribution is 0.0516. The van der Waals surface area contributed by atoms with Crippen LogP contribution >= 0.6 is 11.3 Å². The molecule has 2 aromatic rings. The maximum absolute atomic E-state index is 12.9. The Balaban J connectivity index is 1.90. The first-order valence-electron chi connectivity index (χ1n) is 7.47. The Bertz CT molecular complexity index is 849. The molecule has 1 aromatic carbocycles. The lowest BCUT2D eigenvalue weighted by Gasteiger charge is -2.16. The largest absolute Gasteiger partial charge is 0.506 e. The Morgan fingerprint density at radius 1 is 1.32 bits per heavy atom. The molecule has 1 aliphatic rings. The Labute approximate surface area is 149 Å². The van der Waals surface area contributed by atoms with Crippen molar-refractivity contribution in [2.45, 2.75) is 16.9 Å². The van der Waals surface area contributed by atoms with E-state index in [4.69, 9.17) is 14.6 Å².